The number of rotatable bonds is 10. The highest BCUT2D eigenvalue weighted by molar-refractivity contribution is 5.95. The third kappa shape index (κ3) is 6.27. The fourth-order valence-electron chi connectivity index (χ4n) is 2.85. The first-order chi connectivity index (χ1) is 15.5. The first-order valence-electron chi connectivity index (χ1n) is 9.65. The molecule has 3 rings (SSSR count). The van der Waals surface area contributed by atoms with E-state index in [-0.39, 0.29) is 30.3 Å². The lowest BCUT2D eigenvalue weighted by Crippen LogP contribution is -2.37. The zero-order chi connectivity index (χ0) is 22.9. The minimum Gasteiger partial charge on any atom is -0.493 e. The highest BCUT2D eigenvalue weighted by atomic mass is 19.3. The number of methoxy groups -OCH3 is 1. The molecule has 0 aliphatic carbocycles. The maximum absolute atomic E-state index is 12.5. The molecule has 1 aromatic heterocycles. The molecular formula is C22H21F2N3O5. The Morgan fingerprint density at radius 3 is 2.56 bits per heavy atom. The number of alkyl halides is 2. The Morgan fingerprint density at radius 2 is 1.84 bits per heavy atom. The molecule has 0 aliphatic heterocycles. The Balaban J connectivity index is 1.45. The zero-order valence-corrected chi connectivity index (χ0v) is 17.1. The maximum atomic E-state index is 12.5. The van der Waals surface area contributed by atoms with Gasteiger partial charge in [0.2, 0.25) is 5.91 Å². The van der Waals surface area contributed by atoms with E-state index in [9.17, 15) is 18.4 Å². The molecule has 0 spiro atoms. The van der Waals surface area contributed by atoms with Crippen molar-refractivity contribution >= 4 is 11.8 Å². The highest BCUT2D eigenvalue weighted by Crippen LogP contribution is 2.29. The van der Waals surface area contributed by atoms with Crippen LogP contribution in [-0.2, 0) is 11.2 Å². The quantitative estimate of drug-likeness (QED) is 0.497. The fourth-order valence-corrected chi connectivity index (χ4v) is 2.85. The monoisotopic (exact) mass is 445 g/mol. The van der Waals surface area contributed by atoms with Crippen LogP contribution in [0.25, 0.3) is 11.3 Å². The van der Waals surface area contributed by atoms with Crippen molar-refractivity contribution in [3.63, 3.8) is 0 Å². The number of nitrogens with one attached hydrogen (secondary N) is 2. The number of carbonyl (C=O) groups is 2. The van der Waals surface area contributed by atoms with E-state index in [1.807, 2.05) is 30.3 Å². The molecule has 8 nitrogen and oxygen atoms in total. The van der Waals surface area contributed by atoms with Gasteiger partial charge >= 0.3 is 6.61 Å². The Kier molecular flexibility index (Phi) is 7.74. The first-order valence-corrected chi connectivity index (χ1v) is 9.65. The van der Waals surface area contributed by atoms with E-state index in [2.05, 4.69) is 20.5 Å². The van der Waals surface area contributed by atoms with Crippen LogP contribution in [0.3, 0.4) is 0 Å². The van der Waals surface area contributed by atoms with Crippen molar-refractivity contribution in [1.29, 1.82) is 0 Å². The Hall–Kier alpha value is -3.95. The van der Waals surface area contributed by atoms with Gasteiger partial charge in [0.25, 0.3) is 5.91 Å². The minimum atomic E-state index is -2.98. The summed E-state index contributed by atoms with van der Waals surface area (Å²) in [4.78, 5) is 24.2. The summed E-state index contributed by atoms with van der Waals surface area (Å²) in [7, 11) is 1.35. The van der Waals surface area contributed by atoms with Crippen LogP contribution in [0.2, 0.25) is 0 Å². The van der Waals surface area contributed by atoms with Crippen LogP contribution >= 0.6 is 0 Å². The molecule has 0 unspecified atom stereocenters. The zero-order valence-electron chi connectivity index (χ0n) is 17.1. The number of hydrogen-bond acceptors (Lipinski definition) is 6. The van der Waals surface area contributed by atoms with Gasteiger partial charge in [0.05, 0.1) is 13.7 Å². The molecule has 10 heteroatoms. The van der Waals surface area contributed by atoms with Crippen molar-refractivity contribution < 1.29 is 32.4 Å². The number of hydrogen-bond donors (Lipinski definition) is 2. The van der Waals surface area contributed by atoms with Crippen LogP contribution in [0, 0.1) is 0 Å². The molecule has 3 aromatic rings. The van der Waals surface area contributed by atoms with Crippen LogP contribution in [-0.4, -0.2) is 43.8 Å². The molecule has 0 bridgehead atoms. The van der Waals surface area contributed by atoms with Gasteiger partial charge in [0.15, 0.2) is 23.0 Å². The summed E-state index contributed by atoms with van der Waals surface area (Å²) < 4.78 is 39.6. The lowest BCUT2D eigenvalue weighted by molar-refractivity contribution is -0.120. The van der Waals surface area contributed by atoms with Crippen LogP contribution < -0.4 is 20.1 Å². The molecule has 1 heterocycles. The molecule has 0 saturated carbocycles. The average Bonchev–Trinajstić information content (AvgIpc) is 3.28. The number of nitrogens with zero attached hydrogens (tertiary/aromatic N) is 1. The van der Waals surface area contributed by atoms with Gasteiger partial charge in [-0.05, 0) is 24.1 Å². The summed E-state index contributed by atoms with van der Waals surface area (Å²) in [5, 5.41) is 8.83. The molecule has 0 aliphatic rings. The number of ether oxygens (including phenoxy) is 2. The second kappa shape index (κ2) is 10.9. The predicted molar refractivity (Wildman–Crippen MR) is 111 cm³/mol. The summed E-state index contributed by atoms with van der Waals surface area (Å²) in [6.45, 7) is -3.00. The summed E-state index contributed by atoms with van der Waals surface area (Å²) >= 11 is 0. The maximum Gasteiger partial charge on any atom is 0.387 e. The van der Waals surface area contributed by atoms with E-state index in [0.717, 1.165) is 5.56 Å². The largest absolute Gasteiger partial charge is 0.493 e. The Morgan fingerprint density at radius 1 is 1.06 bits per heavy atom. The van der Waals surface area contributed by atoms with Crippen LogP contribution in [0.4, 0.5) is 8.78 Å². The third-order valence-corrected chi connectivity index (χ3v) is 4.39. The van der Waals surface area contributed by atoms with Crippen molar-refractivity contribution in [3.05, 3.63) is 65.9 Å². The van der Waals surface area contributed by atoms with Crippen LogP contribution in [0.1, 0.15) is 16.1 Å². The summed E-state index contributed by atoms with van der Waals surface area (Å²) in [5.74, 6) is -0.419. The van der Waals surface area contributed by atoms with E-state index in [4.69, 9.17) is 9.26 Å². The molecule has 0 saturated heterocycles. The van der Waals surface area contributed by atoms with Crippen molar-refractivity contribution in [2.75, 3.05) is 20.2 Å². The molecule has 2 N–H and O–H groups in total. The number of amides is 2. The van der Waals surface area contributed by atoms with Crippen molar-refractivity contribution in [3.8, 4) is 22.8 Å². The smallest absolute Gasteiger partial charge is 0.387 e. The van der Waals surface area contributed by atoms with Gasteiger partial charge < -0.3 is 24.6 Å². The molecule has 0 radical (unpaired) electrons. The molecule has 0 atom stereocenters. The molecule has 168 valence electrons. The van der Waals surface area contributed by atoms with Gasteiger partial charge in [-0.25, -0.2) is 0 Å². The number of carbonyl (C=O) groups excluding carboxylic acids is 2. The second-order valence-electron chi connectivity index (χ2n) is 6.59. The normalized spacial score (nSPS) is 10.6. The standard InChI is InChI=1S/C22H21F2N3O5/c1-30-17-8-7-14(11-19(17)31-22(23)24)9-10-25-20(28)13-26-21(29)16-12-18(32-27-16)15-5-3-2-4-6-15/h2-8,11-12,22H,9-10,13H2,1H3,(H,25,28)(H,26,29). The van der Waals surface area contributed by atoms with E-state index in [0.29, 0.717) is 17.7 Å². The van der Waals surface area contributed by atoms with E-state index in [1.165, 1.54) is 25.3 Å². The number of halogens is 2. The minimum absolute atomic E-state index is 0.0569. The Labute approximate surface area is 182 Å². The number of aromatic nitrogens is 1. The number of benzene rings is 2. The Bertz CT molecular complexity index is 1060. The fraction of sp³-hybridized carbons (Fsp3) is 0.227. The SMILES string of the molecule is COc1ccc(CCNC(=O)CNC(=O)c2cc(-c3ccccc3)on2)cc1OC(F)F. The van der Waals surface area contributed by atoms with Crippen LogP contribution in [0.5, 0.6) is 11.5 Å². The lowest BCUT2D eigenvalue weighted by Gasteiger charge is -2.12. The predicted octanol–water partition coefficient (Wildman–Crippen LogP) is 3.04. The average molecular weight is 445 g/mol. The topological polar surface area (TPSA) is 103 Å². The van der Waals surface area contributed by atoms with E-state index in [1.54, 1.807) is 6.07 Å². The van der Waals surface area contributed by atoms with Crippen molar-refractivity contribution in [1.82, 2.24) is 15.8 Å². The highest BCUT2D eigenvalue weighted by Gasteiger charge is 2.15. The third-order valence-electron chi connectivity index (χ3n) is 4.39. The molecule has 2 aromatic carbocycles. The van der Waals surface area contributed by atoms with Gasteiger partial charge in [0, 0.05) is 18.2 Å². The summed E-state index contributed by atoms with van der Waals surface area (Å²) in [6.07, 6.45) is 0.368. The van der Waals surface area contributed by atoms with Gasteiger partial charge in [-0.3, -0.25) is 9.59 Å². The molecule has 0 fully saturated rings. The van der Waals surface area contributed by atoms with Crippen molar-refractivity contribution in [2.45, 2.75) is 13.0 Å². The van der Waals surface area contributed by atoms with E-state index < -0.39 is 18.4 Å². The van der Waals surface area contributed by atoms with Gasteiger partial charge in [0.1, 0.15) is 0 Å². The van der Waals surface area contributed by atoms with Crippen LogP contribution in [0.15, 0.2) is 59.1 Å². The molecule has 32 heavy (non-hydrogen) atoms. The lowest BCUT2D eigenvalue weighted by atomic mass is 10.1. The second-order valence-corrected chi connectivity index (χ2v) is 6.59. The summed E-state index contributed by atoms with van der Waals surface area (Å²) in [6, 6.07) is 15.3. The van der Waals surface area contributed by atoms with Gasteiger partial charge in [-0.1, -0.05) is 41.6 Å². The van der Waals surface area contributed by atoms with Crippen molar-refractivity contribution in [2.24, 2.45) is 0 Å². The summed E-state index contributed by atoms with van der Waals surface area (Å²) in [5.41, 5.74) is 1.50. The molecular weight excluding hydrogens is 424 g/mol. The van der Waals surface area contributed by atoms with Gasteiger partial charge in [-0.2, -0.15) is 8.78 Å². The van der Waals surface area contributed by atoms with E-state index >= 15 is 0 Å². The first kappa shape index (κ1) is 22.7. The van der Waals surface area contributed by atoms with Gasteiger partial charge in [-0.15, -0.1) is 0 Å². The molecule has 2 amide bonds.